The average Bonchev–Trinajstić information content (AvgIpc) is 2.99. The van der Waals surface area contributed by atoms with Crippen LogP contribution in [0.5, 0.6) is 0 Å². The maximum atomic E-state index is 11.8. The van der Waals surface area contributed by atoms with Crippen LogP contribution in [-0.2, 0) is 6.54 Å². The van der Waals surface area contributed by atoms with Gasteiger partial charge in [-0.15, -0.1) is 11.3 Å². The first-order valence-electron chi connectivity index (χ1n) is 5.83. The fourth-order valence-electron chi connectivity index (χ4n) is 1.83. The lowest BCUT2D eigenvalue weighted by atomic mass is 10.1. The molecule has 2 heterocycles. The normalized spacial score (nSPS) is 10.5. The second-order valence-corrected chi connectivity index (χ2v) is 4.81. The van der Waals surface area contributed by atoms with E-state index in [1.807, 2.05) is 30.3 Å². The highest BCUT2D eigenvalue weighted by Gasteiger charge is 2.06. The molecule has 4 nitrogen and oxygen atoms in total. The summed E-state index contributed by atoms with van der Waals surface area (Å²) in [6.45, 7) is 0.487. The third-order valence-electron chi connectivity index (χ3n) is 2.79. The number of thiazole rings is 1. The lowest BCUT2D eigenvalue weighted by Crippen LogP contribution is -2.22. The molecule has 1 aromatic carbocycles. The number of pyridine rings is 1. The third-order valence-corrected chi connectivity index (χ3v) is 3.37. The van der Waals surface area contributed by atoms with Gasteiger partial charge >= 0.3 is 0 Å². The fourth-order valence-corrected chi connectivity index (χ4v) is 2.36. The molecule has 0 fully saturated rings. The molecule has 2 aromatic heterocycles. The van der Waals surface area contributed by atoms with Crippen molar-refractivity contribution in [3.8, 4) is 0 Å². The molecule has 5 heteroatoms. The van der Waals surface area contributed by atoms with Crippen LogP contribution in [0.2, 0.25) is 0 Å². The van der Waals surface area contributed by atoms with Crippen molar-refractivity contribution in [3.05, 3.63) is 58.7 Å². The SMILES string of the molecule is O=C(NCc1ccc2ncccc2c1)c1cscn1. The van der Waals surface area contributed by atoms with E-state index in [-0.39, 0.29) is 5.91 Å². The van der Waals surface area contributed by atoms with Gasteiger partial charge in [-0.3, -0.25) is 9.78 Å². The van der Waals surface area contributed by atoms with E-state index in [0.717, 1.165) is 16.5 Å². The Morgan fingerprint density at radius 3 is 3.05 bits per heavy atom. The number of rotatable bonds is 3. The third kappa shape index (κ3) is 2.61. The number of amides is 1. The molecule has 0 radical (unpaired) electrons. The minimum absolute atomic E-state index is 0.146. The van der Waals surface area contributed by atoms with Gasteiger partial charge < -0.3 is 5.32 Å². The molecule has 0 spiro atoms. The Morgan fingerprint density at radius 1 is 1.26 bits per heavy atom. The Morgan fingerprint density at radius 2 is 2.21 bits per heavy atom. The summed E-state index contributed by atoms with van der Waals surface area (Å²) in [5.74, 6) is -0.146. The summed E-state index contributed by atoms with van der Waals surface area (Å²) in [7, 11) is 0. The van der Waals surface area contributed by atoms with Crippen LogP contribution >= 0.6 is 11.3 Å². The number of nitrogens with one attached hydrogen (secondary N) is 1. The first kappa shape index (κ1) is 11.8. The molecule has 94 valence electrons. The van der Waals surface area contributed by atoms with Crippen LogP contribution in [0.15, 0.2) is 47.4 Å². The molecular formula is C14H11N3OS. The summed E-state index contributed by atoms with van der Waals surface area (Å²) in [5, 5.41) is 5.66. The zero-order valence-electron chi connectivity index (χ0n) is 10.0. The smallest absolute Gasteiger partial charge is 0.271 e. The number of hydrogen-bond acceptors (Lipinski definition) is 4. The number of hydrogen-bond donors (Lipinski definition) is 1. The van der Waals surface area contributed by atoms with Crippen molar-refractivity contribution in [2.45, 2.75) is 6.54 Å². The molecule has 0 saturated heterocycles. The predicted molar refractivity (Wildman–Crippen MR) is 75.0 cm³/mol. The summed E-state index contributed by atoms with van der Waals surface area (Å²) < 4.78 is 0. The topological polar surface area (TPSA) is 54.9 Å². The Kier molecular flexibility index (Phi) is 3.20. The van der Waals surface area contributed by atoms with Crippen LogP contribution in [0.25, 0.3) is 10.9 Å². The van der Waals surface area contributed by atoms with Gasteiger partial charge in [-0.05, 0) is 23.8 Å². The largest absolute Gasteiger partial charge is 0.347 e. The van der Waals surface area contributed by atoms with Gasteiger partial charge in [0, 0.05) is 23.5 Å². The summed E-state index contributed by atoms with van der Waals surface area (Å²) in [5.41, 5.74) is 4.12. The van der Waals surface area contributed by atoms with Crippen molar-refractivity contribution in [1.29, 1.82) is 0 Å². The molecule has 0 bridgehead atoms. The first-order valence-corrected chi connectivity index (χ1v) is 6.77. The number of carbonyl (C=O) groups excluding carboxylic acids is 1. The van der Waals surface area contributed by atoms with Crippen LogP contribution in [-0.4, -0.2) is 15.9 Å². The molecule has 19 heavy (non-hydrogen) atoms. The van der Waals surface area contributed by atoms with Gasteiger partial charge in [0.2, 0.25) is 0 Å². The average molecular weight is 269 g/mol. The molecule has 0 aliphatic carbocycles. The van der Waals surface area contributed by atoms with Crippen LogP contribution in [0.1, 0.15) is 16.1 Å². The van der Waals surface area contributed by atoms with E-state index >= 15 is 0 Å². The van der Waals surface area contributed by atoms with Crippen LogP contribution in [0.3, 0.4) is 0 Å². The highest BCUT2D eigenvalue weighted by Crippen LogP contribution is 2.13. The molecule has 1 N–H and O–H groups in total. The predicted octanol–water partition coefficient (Wildman–Crippen LogP) is 2.62. The summed E-state index contributed by atoms with van der Waals surface area (Å²) >= 11 is 1.41. The monoisotopic (exact) mass is 269 g/mol. The zero-order valence-corrected chi connectivity index (χ0v) is 10.9. The number of benzene rings is 1. The van der Waals surface area contributed by atoms with Crippen molar-refractivity contribution in [3.63, 3.8) is 0 Å². The minimum atomic E-state index is -0.146. The van der Waals surface area contributed by atoms with E-state index in [1.165, 1.54) is 11.3 Å². The standard InChI is InChI=1S/C14H11N3OS/c18-14(13-8-19-9-17-13)16-7-10-3-4-12-11(6-10)2-1-5-15-12/h1-6,8-9H,7H2,(H,16,18). The Bertz CT molecular complexity index is 710. The van der Waals surface area contributed by atoms with Crippen LogP contribution < -0.4 is 5.32 Å². The van der Waals surface area contributed by atoms with Gasteiger partial charge in [0.15, 0.2) is 0 Å². The molecule has 0 atom stereocenters. The molecule has 0 unspecified atom stereocenters. The van der Waals surface area contributed by atoms with E-state index in [9.17, 15) is 4.79 Å². The lowest BCUT2D eigenvalue weighted by molar-refractivity contribution is 0.0946. The van der Waals surface area contributed by atoms with Crippen molar-refractivity contribution < 1.29 is 4.79 Å². The molecule has 3 aromatic rings. The van der Waals surface area contributed by atoms with Crippen molar-refractivity contribution >= 4 is 28.1 Å². The second kappa shape index (κ2) is 5.16. The van der Waals surface area contributed by atoms with E-state index in [4.69, 9.17) is 0 Å². The molecule has 1 amide bonds. The second-order valence-electron chi connectivity index (χ2n) is 4.09. The first-order chi connectivity index (χ1) is 9.33. The number of aromatic nitrogens is 2. The fraction of sp³-hybridized carbons (Fsp3) is 0.0714. The van der Waals surface area contributed by atoms with Gasteiger partial charge in [-0.2, -0.15) is 0 Å². The Labute approximate surface area is 114 Å². The Hall–Kier alpha value is -2.27. The van der Waals surface area contributed by atoms with E-state index < -0.39 is 0 Å². The van der Waals surface area contributed by atoms with Crippen molar-refractivity contribution in [2.24, 2.45) is 0 Å². The lowest BCUT2D eigenvalue weighted by Gasteiger charge is -2.05. The van der Waals surface area contributed by atoms with Gasteiger partial charge in [0.1, 0.15) is 5.69 Å². The summed E-state index contributed by atoms with van der Waals surface area (Å²) in [4.78, 5) is 20.0. The minimum Gasteiger partial charge on any atom is -0.347 e. The maximum absolute atomic E-state index is 11.8. The van der Waals surface area contributed by atoms with Gasteiger partial charge in [0.05, 0.1) is 11.0 Å². The highest BCUT2D eigenvalue weighted by molar-refractivity contribution is 7.07. The molecule has 0 aliphatic heterocycles. The highest BCUT2D eigenvalue weighted by atomic mass is 32.1. The van der Waals surface area contributed by atoms with E-state index in [0.29, 0.717) is 12.2 Å². The van der Waals surface area contributed by atoms with E-state index in [1.54, 1.807) is 17.1 Å². The molecular weight excluding hydrogens is 258 g/mol. The maximum Gasteiger partial charge on any atom is 0.271 e. The zero-order chi connectivity index (χ0) is 13.1. The van der Waals surface area contributed by atoms with Crippen LogP contribution in [0.4, 0.5) is 0 Å². The van der Waals surface area contributed by atoms with Crippen molar-refractivity contribution in [2.75, 3.05) is 0 Å². The van der Waals surface area contributed by atoms with Gasteiger partial charge in [-0.1, -0.05) is 12.1 Å². The molecule has 0 saturated carbocycles. The number of fused-ring (bicyclic) bond motifs is 1. The summed E-state index contributed by atoms with van der Waals surface area (Å²) in [6.07, 6.45) is 1.77. The number of nitrogens with zero attached hydrogens (tertiary/aromatic N) is 2. The number of carbonyl (C=O) groups is 1. The van der Waals surface area contributed by atoms with Gasteiger partial charge in [-0.25, -0.2) is 4.98 Å². The molecule has 3 rings (SSSR count). The Balaban J connectivity index is 1.73. The van der Waals surface area contributed by atoms with Gasteiger partial charge in [0.25, 0.3) is 5.91 Å². The quantitative estimate of drug-likeness (QED) is 0.795. The molecule has 0 aliphatic rings. The van der Waals surface area contributed by atoms with Crippen LogP contribution in [0, 0.1) is 0 Å². The summed E-state index contributed by atoms with van der Waals surface area (Å²) in [6, 6.07) is 9.87. The van der Waals surface area contributed by atoms with E-state index in [2.05, 4.69) is 15.3 Å². The van der Waals surface area contributed by atoms with Crippen molar-refractivity contribution in [1.82, 2.24) is 15.3 Å².